The van der Waals surface area contributed by atoms with Crippen molar-refractivity contribution in [3.8, 4) is 5.75 Å². The van der Waals surface area contributed by atoms with Crippen molar-refractivity contribution in [1.82, 2.24) is 5.32 Å². The van der Waals surface area contributed by atoms with E-state index in [0.717, 1.165) is 30.8 Å². The molecular weight excluding hydrogens is 296 g/mol. The van der Waals surface area contributed by atoms with Crippen LogP contribution in [0.3, 0.4) is 0 Å². The number of fused-ring (bicyclic) bond motifs is 1. The maximum Gasteiger partial charge on any atom is 0.119 e. The molecule has 0 spiro atoms. The van der Waals surface area contributed by atoms with E-state index in [1.165, 1.54) is 29.5 Å². The molecule has 2 aromatic rings. The second-order valence-electron chi connectivity index (χ2n) is 6.83. The predicted octanol–water partition coefficient (Wildman–Crippen LogP) is 3.78. The Morgan fingerprint density at radius 1 is 1.25 bits per heavy atom. The van der Waals surface area contributed by atoms with E-state index in [9.17, 15) is 0 Å². The lowest BCUT2D eigenvalue weighted by Crippen LogP contribution is -2.29. The largest absolute Gasteiger partial charge is 0.497 e. The van der Waals surface area contributed by atoms with Gasteiger partial charge in [-0.2, -0.15) is 0 Å². The second kappa shape index (κ2) is 7.71. The smallest absolute Gasteiger partial charge is 0.119 e. The molecule has 1 aliphatic rings. The summed E-state index contributed by atoms with van der Waals surface area (Å²) in [6.45, 7) is 1.02. The van der Waals surface area contributed by atoms with Gasteiger partial charge in [0.25, 0.3) is 0 Å². The SMILES string of the molecule is CNCC(Cc1cccc(N)c1)C1CCCc2cc(OC)ccc21. The molecule has 0 saturated heterocycles. The molecule has 0 aliphatic heterocycles. The van der Waals surface area contributed by atoms with E-state index in [0.29, 0.717) is 11.8 Å². The first-order chi connectivity index (χ1) is 11.7. The zero-order valence-corrected chi connectivity index (χ0v) is 14.7. The number of rotatable bonds is 6. The van der Waals surface area contributed by atoms with Gasteiger partial charge in [-0.25, -0.2) is 0 Å². The van der Waals surface area contributed by atoms with Gasteiger partial charge < -0.3 is 15.8 Å². The molecule has 0 saturated carbocycles. The van der Waals surface area contributed by atoms with Crippen LogP contribution in [0.2, 0.25) is 0 Å². The number of benzene rings is 2. The zero-order chi connectivity index (χ0) is 16.9. The summed E-state index contributed by atoms with van der Waals surface area (Å²) in [5.41, 5.74) is 11.1. The molecule has 3 rings (SSSR count). The van der Waals surface area contributed by atoms with Crippen LogP contribution in [0.25, 0.3) is 0 Å². The fraction of sp³-hybridized carbons (Fsp3) is 0.429. The highest BCUT2D eigenvalue weighted by atomic mass is 16.5. The quantitative estimate of drug-likeness (QED) is 0.795. The Labute approximate surface area is 145 Å². The molecule has 2 aromatic carbocycles. The van der Waals surface area contributed by atoms with Crippen molar-refractivity contribution in [2.45, 2.75) is 31.6 Å². The molecule has 1 aliphatic carbocycles. The van der Waals surface area contributed by atoms with E-state index in [-0.39, 0.29) is 0 Å². The maximum atomic E-state index is 5.97. The summed E-state index contributed by atoms with van der Waals surface area (Å²) in [6, 6.07) is 14.9. The van der Waals surface area contributed by atoms with Gasteiger partial charge in [0.1, 0.15) is 5.75 Å². The number of aryl methyl sites for hydroxylation is 1. The minimum absolute atomic E-state index is 0.573. The summed E-state index contributed by atoms with van der Waals surface area (Å²) in [7, 11) is 3.79. The van der Waals surface area contributed by atoms with Gasteiger partial charge in [-0.05, 0) is 92.1 Å². The number of nitrogens with one attached hydrogen (secondary N) is 1. The number of anilines is 1. The molecule has 128 valence electrons. The molecule has 0 radical (unpaired) electrons. The minimum Gasteiger partial charge on any atom is -0.497 e. The number of methoxy groups -OCH3 is 1. The van der Waals surface area contributed by atoms with Crippen molar-refractivity contribution in [2.24, 2.45) is 5.92 Å². The monoisotopic (exact) mass is 324 g/mol. The number of hydrogen-bond acceptors (Lipinski definition) is 3. The summed E-state index contributed by atoms with van der Waals surface area (Å²) in [5.74, 6) is 2.13. The third-order valence-corrected chi connectivity index (χ3v) is 5.20. The van der Waals surface area contributed by atoms with Crippen LogP contribution in [0.4, 0.5) is 5.69 Å². The molecule has 0 aromatic heterocycles. The standard InChI is InChI=1S/C21H28N2O/c1-23-14-17(11-15-5-3-7-18(22)12-15)20-8-4-6-16-13-19(24-2)9-10-21(16)20/h3,5,7,9-10,12-13,17,20,23H,4,6,8,11,14,22H2,1-2H3. The Morgan fingerprint density at radius 3 is 2.88 bits per heavy atom. The normalized spacial score (nSPS) is 18.0. The van der Waals surface area contributed by atoms with Crippen LogP contribution < -0.4 is 15.8 Å². The second-order valence-corrected chi connectivity index (χ2v) is 6.83. The third-order valence-electron chi connectivity index (χ3n) is 5.20. The molecule has 0 bridgehead atoms. The first kappa shape index (κ1) is 16.8. The maximum absolute atomic E-state index is 5.97. The average Bonchev–Trinajstić information content (AvgIpc) is 2.60. The van der Waals surface area contributed by atoms with Crippen LogP contribution in [-0.2, 0) is 12.8 Å². The molecule has 0 fully saturated rings. The van der Waals surface area contributed by atoms with Crippen molar-refractivity contribution in [3.63, 3.8) is 0 Å². The van der Waals surface area contributed by atoms with Crippen molar-refractivity contribution in [2.75, 3.05) is 26.4 Å². The van der Waals surface area contributed by atoms with Crippen LogP contribution in [0, 0.1) is 5.92 Å². The molecule has 0 heterocycles. The topological polar surface area (TPSA) is 47.3 Å². The Kier molecular flexibility index (Phi) is 5.41. The lowest BCUT2D eigenvalue weighted by molar-refractivity contribution is 0.364. The highest BCUT2D eigenvalue weighted by molar-refractivity contribution is 5.42. The van der Waals surface area contributed by atoms with Gasteiger partial charge in [0.2, 0.25) is 0 Å². The van der Waals surface area contributed by atoms with Gasteiger partial charge in [-0.15, -0.1) is 0 Å². The lowest BCUT2D eigenvalue weighted by atomic mass is 9.73. The average molecular weight is 324 g/mol. The molecule has 0 amide bonds. The van der Waals surface area contributed by atoms with Crippen LogP contribution in [-0.4, -0.2) is 20.7 Å². The van der Waals surface area contributed by atoms with Crippen molar-refractivity contribution in [3.05, 3.63) is 59.2 Å². The lowest BCUT2D eigenvalue weighted by Gasteiger charge is -2.33. The van der Waals surface area contributed by atoms with Gasteiger partial charge in [0, 0.05) is 5.69 Å². The number of hydrogen-bond donors (Lipinski definition) is 2. The van der Waals surface area contributed by atoms with Crippen LogP contribution in [0.5, 0.6) is 5.75 Å². The first-order valence-corrected chi connectivity index (χ1v) is 8.87. The van der Waals surface area contributed by atoms with E-state index in [1.807, 2.05) is 13.1 Å². The fourth-order valence-corrected chi connectivity index (χ4v) is 4.09. The molecule has 24 heavy (non-hydrogen) atoms. The van der Waals surface area contributed by atoms with E-state index in [1.54, 1.807) is 7.11 Å². The highest BCUT2D eigenvalue weighted by Gasteiger charge is 2.28. The van der Waals surface area contributed by atoms with Crippen molar-refractivity contribution >= 4 is 5.69 Å². The predicted molar refractivity (Wildman–Crippen MR) is 101 cm³/mol. The summed E-state index contributed by atoms with van der Waals surface area (Å²) in [5, 5.41) is 3.40. The number of nitrogen functional groups attached to an aromatic ring is 1. The van der Waals surface area contributed by atoms with E-state index >= 15 is 0 Å². The van der Waals surface area contributed by atoms with Crippen molar-refractivity contribution in [1.29, 1.82) is 0 Å². The van der Waals surface area contributed by atoms with Gasteiger partial charge >= 0.3 is 0 Å². The summed E-state index contributed by atoms with van der Waals surface area (Å²) in [4.78, 5) is 0. The van der Waals surface area contributed by atoms with Gasteiger partial charge in [-0.3, -0.25) is 0 Å². The molecule has 3 heteroatoms. The molecule has 2 atom stereocenters. The van der Waals surface area contributed by atoms with E-state index in [2.05, 4.69) is 41.7 Å². The number of ether oxygens (including phenoxy) is 1. The summed E-state index contributed by atoms with van der Waals surface area (Å²) in [6.07, 6.45) is 4.73. The zero-order valence-electron chi connectivity index (χ0n) is 14.7. The third kappa shape index (κ3) is 3.73. The molecular formula is C21H28N2O. The Bertz CT molecular complexity index is 683. The van der Waals surface area contributed by atoms with Crippen molar-refractivity contribution < 1.29 is 4.74 Å². The first-order valence-electron chi connectivity index (χ1n) is 8.87. The van der Waals surface area contributed by atoms with Crippen LogP contribution in [0.1, 0.15) is 35.4 Å². The molecule has 2 unspecified atom stereocenters. The van der Waals surface area contributed by atoms with E-state index < -0.39 is 0 Å². The Hall–Kier alpha value is -2.00. The fourth-order valence-electron chi connectivity index (χ4n) is 4.09. The summed E-state index contributed by atoms with van der Waals surface area (Å²) >= 11 is 0. The van der Waals surface area contributed by atoms with Crippen LogP contribution >= 0.6 is 0 Å². The minimum atomic E-state index is 0.573. The van der Waals surface area contributed by atoms with E-state index in [4.69, 9.17) is 10.5 Å². The molecule has 3 N–H and O–H groups in total. The molecule has 3 nitrogen and oxygen atoms in total. The summed E-state index contributed by atoms with van der Waals surface area (Å²) < 4.78 is 5.41. The Balaban J connectivity index is 1.87. The van der Waals surface area contributed by atoms with Gasteiger partial charge in [0.05, 0.1) is 7.11 Å². The van der Waals surface area contributed by atoms with Gasteiger partial charge in [-0.1, -0.05) is 18.2 Å². The Morgan fingerprint density at radius 2 is 2.12 bits per heavy atom. The van der Waals surface area contributed by atoms with Crippen LogP contribution in [0.15, 0.2) is 42.5 Å². The highest BCUT2D eigenvalue weighted by Crippen LogP contribution is 2.39. The van der Waals surface area contributed by atoms with Gasteiger partial charge in [0.15, 0.2) is 0 Å². The number of nitrogens with two attached hydrogens (primary N) is 1.